The first kappa shape index (κ1) is 17.0. The fraction of sp³-hybridized carbons (Fsp3) is 0.200. The van der Waals surface area contributed by atoms with Crippen LogP contribution in [0, 0.1) is 0 Å². The Morgan fingerprint density at radius 2 is 2.05 bits per heavy atom. The van der Waals surface area contributed by atoms with Crippen LogP contribution in [0.25, 0.3) is 0 Å². The third-order valence-corrected chi connectivity index (χ3v) is 2.83. The van der Waals surface area contributed by atoms with Gasteiger partial charge in [-0.2, -0.15) is 0 Å². The van der Waals surface area contributed by atoms with Gasteiger partial charge in [-0.3, -0.25) is 20.4 Å². The molecule has 21 heavy (non-hydrogen) atoms. The lowest BCUT2D eigenvalue weighted by atomic mass is 10.3. The standard InChI is InChI=1S/C15H17BrN2O3/c1-3-4-5-9-14(19)17-18-15(20)11(2)21-13-8-6-7-12(16)10-13/h3-11H,1-2H3,(H,17,19)(H,18,20)/b4-3+,9-5+/t11-/m1/s1. The molecule has 0 heterocycles. The van der Waals surface area contributed by atoms with Crippen molar-refractivity contribution in [2.24, 2.45) is 0 Å². The van der Waals surface area contributed by atoms with E-state index in [0.29, 0.717) is 5.75 Å². The molecule has 0 aliphatic heterocycles. The van der Waals surface area contributed by atoms with Crippen molar-refractivity contribution in [3.05, 3.63) is 53.0 Å². The number of ether oxygens (including phenoxy) is 1. The summed E-state index contributed by atoms with van der Waals surface area (Å²) in [7, 11) is 0. The summed E-state index contributed by atoms with van der Waals surface area (Å²) in [6.07, 6.45) is 5.64. The van der Waals surface area contributed by atoms with Gasteiger partial charge in [0.2, 0.25) is 0 Å². The summed E-state index contributed by atoms with van der Waals surface area (Å²) >= 11 is 3.32. The zero-order valence-corrected chi connectivity index (χ0v) is 13.4. The van der Waals surface area contributed by atoms with E-state index in [4.69, 9.17) is 4.74 Å². The normalized spacial score (nSPS) is 12.3. The quantitative estimate of drug-likeness (QED) is 0.486. The largest absolute Gasteiger partial charge is 0.481 e. The number of carbonyl (C=O) groups excluding carboxylic acids is 2. The maximum absolute atomic E-state index is 11.8. The lowest BCUT2D eigenvalue weighted by Gasteiger charge is -2.14. The van der Waals surface area contributed by atoms with Crippen LogP contribution in [-0.2, 0) is 9.59 Å². The van der Waals surface area contributed by atoms with E-state index in [-0.39, 0.29) is 0 Å². The van der Waals surface area contributed by atoms with Gasteiger partial charge in [0.25, 0.3) is 11.8 Å². The minimum absolute atomic E-state index is 0.420. The monoisotopic (exact) mass is 352 g/mol. The summed E-state index contributed by atoms with van der Waals surface area (Å²) in [5.41, 5.74) is 4.56. The molecule has 0 aromatic heterocycles. The van der Waals surface area contributed by atoms with Crippen LogP contribution in [0.5, 0.6) is 5.75 Å². The zero-order chi connectivity index (χ0) is 15.7. The van der Waals surface area contributed by atoms with Gasteiger partial charge in [-0.15, -0.1) is 0 Å². The molecule has 2 N–H and O–H groups in total. The number of benzene rings is 1. The maximum atomic E-state index is 11.8. The lowest BCUT2D eigenvalue weighted by molar-refractivity contribution is -0.131. The molecular weight excluding hydrogens is 336 g/mol. The van der Waals surface area contributed by atoms with Crippen molar-refractivity contribution in [3.63, 3.8) is 0 Å². The van der Waals surface area contributed by atoms with E-state index >= 15 is 0 Å². The van der Waals surface area contributed by atoms with Crippen LogP contribution in [0.1, 0.15) is 13.8 Å². The van der Waals surface area contributed by atoms with Crippen LogP contribution in [0.3, 0.4) is 0 Å². The van der Waals surface area contributed by atoms with Gasteiger partial charge in [0, 0.05) is 10.5 Å². The molecule has 0 radical (unpaired) electrons. The van der Waals surface area contributed by atoms with Gasteiger partial charge in [-0.1, -0.05) is 40.2 Å². The summed E-state index contributed by atoms with van der Waals surface area (Å²) in [5, 5.41) is 0. The van der Waals surface area contributed by atoms with E-state index in [1.807, 2.05) is 13.0 Å². The predicted octanol–water partition coefficient (Wildman–Crippen LogP) is 2.50. The van der Waals surface area contributed by atoms with Crippen molar-refractivity contribution < 1.29 is 14.3 Å². The van der Waals surface area contributed by atoms with Crippen molar-refractivity contribution in [1.29, 1.82) is 0 Å². The first-order valence-electron chi connectivity index (χ1n) is 6.34. The number of halogens is 1. The molecule has 5 nitrogen and oxygen atoms in total. The number of allylic oxidation sites excluding steroid dienone is 3. The molecule has 1 aromatic carbocycles. The Balaban J connectivity index is 2.43. The average Bonchev–Trinajstić information content (AvgIpc) is 2.45. The van der Waals surface area contributed by atoms with Crippen LogP contribution < -0.4 is 15.6 Å². The fourth-order valence-corrected chi connectivity index (χ4v) is 1.70. The SMILES string of the molecule is C/C=C/C=C/C(=O)NNC(=O)[C@@H](C)Oc1cccc(Br)c1. The first-order chi connectivity index (χ1) is 10.0. The molecule has 0 spiro atoms. The summed E-state index contributed by atoms with van der Waals surface area (Å²) in [6, 6.07) is 7.15. The number of amides is 2. The fourth-order valence-electron chi connectivity index (χ4n) is 1.32. The van der Waals surface area contributed by atoms with E-state index in [1.165, 1.54) is 6.08 Å². The Morgan fingerprint density at radius 3 is 2.71 bits per heavy atom. The third-order valence-electron chi connectivity index (χ3n) is 2.34. The highest BCUT2D eigenvalue weighted by molar-refractivity contribution is 9.10. The second-order valence-electron chi connectivity index (χ2n) is 4.08. The highest BCUT2D eigenvalue weighted by Crippen LogP contribution is 2.18. The van der Waals surface area contributed by atoms with Crippen molar-refractivity contribution >= 4 is 27.7 Å². The minimum atomic E-state index is -0.737. The molecule has 0 aliphatic carbocycles. The highest BCUT2D eigenvalue weighted by Gasteiger charge is 2.14. The van der Waals surface area contributed by atoms with Crippen LogP contribution in [-0.4, -0.2) is 17.9 Å². The van der Waals surface area contributed by atoms with Gasteiger partial charge in [0.05, 0.1) is 0 Å². The first-order valence-corrected chi connectivity index (χ1v) is 7.13. The van der Waals surface area contributed by atoms with Crippen molar-refractivity contribution in [1.82, 2.24) is 10.9 Å². The second-order valence-corrected chi connectivity index (χ2v) is 5.00. The Hall–Kier alpha value is -2.08. The van der Waals surface area contributed by atoms with Crippen molar-refractivity contribution in [2.45, 2.75) is 20.0 Å². The molecule has 6 heteroatoms. The van der Waals surface area contributed by atoms with Gasteiger partial charge >= 0.3 is 0 Å². The van der Waals surface area contributed by atoms with Gasteiger partial charge < -0.3 is 4.74 Å². The molecule has 0 fully saturated rings. The van der Waals surface area contributed by atoms with E-state index in [1.54, 1.807) is 43.4 Å². The molecule has 1 aromatic rings. The Bertz CT molecular complexity index is 556. The summed E-state index contributed by atoms with van der Waals surface area (Å²) in [5.74, 6) is -0.301. The smallest absolute Gasteiger partial charge is 0.279 e. The molecule has 0 unspecified atom stereocenters. The lowest BCUT2D eigenvalue weighted by Crippen LogP contribution is -2.46. The highest BCUT2D eigenvalue weighted by atomic mass is 79.9. The third kappa shape index (κ3) is 6.76. The molecule has 1 rings (SSSR count). The zero-order valence-electron chi connectivity index (χ0n) is 11.8. The van der Waals surface area contributed by atoms with E-state index < -0.39 is 17.9 Å². The summed E-state index contributed by atoms with van der Waals surface area (Å²) in [4.78, 5) is 23.1. The Morgan fingerprint density at radius 1 is 1.29 bits per heavy atom. The molecule has 0 bridgehead atoms. The molecular formula is C15H17BrN2O3. The van der Waals surface area contributed by atoms with Gasteiger partial charge in [0.1, 0.15) is 5.75 Å². The van der Waals surface area contributed by atoms with Gasteiger partial charge in [0.15, 0.2) is 6.10 Å². The number of carbonyl (C=O) groups is 2. The Labute approximate surface area is 132 Å². The molecule has 112 valence electrons. The predicted molar refractivity (Wildman–Crippen MR) is 84.5 cm³/mol. The molecule has 0 saturated heterocycles. The number of hydrogen-bond acceptors (Lipinski definition) is 3. The molecule has 0 saturated carbocycles. The van der Waals surface area contributed by atoms with E-state index in [2.05, 4.69) is 26.8 Å². The number of nitrogens with one attached hydrogen (secondary N) is 2. The van der Waals surface area contributed by atoms with Crippen LogP contribution in [0.15, 0.2) is 53.0 Å². The van der Waals surface area contributed by atoms with Crippen molar-refractivity contribution in [3.8, 4) is 5.75 Å². The topological polar surface area (TPSA) is 67.4 Å². The Kier molecular flexibility index (Phi) is 7.25. The molecule has 2 amide bonds. The minimum Gasteiger partial charge on any atom is -0.481 e. The van der Waals surface area contributed by atoms with Gasteiger partial charge in [-0.05, 0) is 32.0 Å². The van der Waals surface area contributed by atoms with E-state index in [0.717, 1.165) is 4.47 Å². The maximum Gasteiger partial charge on any atom is 0.279 e. The number of hydrogen-bond donors (Lipinski definition) is 2. The van der Waals surface area contributed by atoms with Crippen LogP contribution >= 0.6 is 15.9 Å². The molecule has 0 aliphatic rings. The average molecular weight is 353 g/mol. The summed E-state index contributed by atoms with van der Waals surface area (Å²) < 4.78 is 6.32. The van der Waals surface area contributed by atoms with Gasteiger partial charge in [-0.25, -0.2) is 0 Å². The van der Waals surface area contributed by atoms with Crippen molar-refractivity contribution in [2.75, 3.05) is 0 Å². The number of rotatable bonds is 5. The number of hydrazine groups is 1. The van der Waals surface area contributed by atoms with Crippen LogP contribution in [0.2, 0.25) is 0 Å². The van der Waals surface area contributed by atoms with Crippen LogP contribution in [0.4, 0.5) is 0 Å². The summed E-state index contributed by atoms with van der Waals surface area (Å²) in [6.45, 7) is 3.43. The van der Waals surface area contributed by atoms with E-state index in [9.17, 15) is 9.59 Å². The second kappa shape index (κ2) is 8.97. The molecule has 1 atom stereocenters.